The van der Waals surface area contributed by atoms with Gasteiger partial charge in [0.2, 0.25) is 0 Å². The molecule has 0 spiro atoms. The molecular weight excluding hydrogens is 192 g/mol. The second-order valence-electron chi connectivity index (χ2n) is 4.42. The molecule has 14 heavy (non-hydrogen) atoms. The highest BCUT2D eigenvalue weighted by atomic mass is 32.1. The Morgan fingerprint density at radius 1 is 1.36 bits per heavy atom. The minimum atomic E-state index is -0.0120. The number of rotatable bonds is 1. The van der Waals surface area contributed by atoms with Crippen LogP contribution in [0.15, 0.2) is 18.3 Å². The molecule has 1 heterocycles. The Bertz CT molecular complexity index is 322. The molecule has 0 aliphatic carbocycles. The van der Waals surface area contributed by atoms with Gasteiger partial charge < -0.3 is 5.32 Å². The van der Waals surface area contributed by atoms with Gasteiger partial charge in [-0.2, -0.15) is 0 Å². The third-order valence-electron chi connectivity index (χ3n) is 1.83. The zero-order valence-electron chi connectivity index (χ0n) is 9.09. The molecule has 0 amide bonds. The molecule has 0 saturated heterocycles. The fourth-order valence-electron chi connectivity index (χ4n) is 0.846. The molecule has 0 unspecified atom stereocenters. The quantitative estimate of drug-likeness (QED) is 0.717. The number of anilines is 1. The van der Waals surface area contributed by atoms with Gasteiger partial charge in [0.15, 0.2) is 0 Å². The van der Waals surface area contributed by atoms with Crippen molar-refractivity contribution >= 4 is 23.0 Å². The van der Waals surface area contributed by atoms with Crippen molar-refractivity contribution in [1.82, 2.24) is 4.98 Å². The normalized spacial score (nSPS) is 11.1. The average Bonchev–Trinajstić information content (AvgIpc) is 2.07. The maximum atomic E-state index is 5.26. The van der Waals surface area contributed by atoms with Crippen molar-refractivity contribution in [2.45, 2.75) is 27.7 Å². The smallest absolute Gasteiger partial charge is 0.130 e. The zero-order chi connectivity index (χ0) is 10.8. The molecule has 0 aliphatic rings. The Hall–Kier alpha value is -0.960. The van der Waals surface area contributed by atoms with Gasteiger partial charge in [-0.1, -0.05) is 39.1 Å². The monoisotopic (exact) mass is 208 g/mol. The Morgan fingerprint density at radius 2 is 2.00 bits per heavy atom. The Balaban J connectivity index is 2.71. The summed E-state index contributed by atoms with van der Waals surface area (Å²) in [5.74, 6) is 0.815. The van der Waals surface area contributed by atoms with Gasteiger partial charge in [-0.3, -0.25) is 0 Å². The molecule has 0 atom stereocenters. The number of nitrogens with zero attached hydrogens (tertiary/aromatic N) is 1. The van der Waals surface area contributed by atoms with E-state index in [1.54, 1.807) is 0 Å². The van der Waals surface area contributed by atoms with Gasteiger partial charge in [0.1, 0.15) is 5.82 Å². The second-order valence-corrected chi connectivity index (χ2v) is 4.83. The summed E-state index contributed by atoms with van der Waals surface area (Å²) in [6.07, 6.45) is 1.83. The Morgan fingerprint density at radius 3 is 2.43 bits per heavy atom. The van der Waals surface area contributed by atoms with Crippen molar-refractivity contribution in [2.24, 2.45) is 5.41 Å². The second kappa shape index (κ2) is 4.05. The lowest BCUT2D eigenvalue weighted by Gasteiger charge is -2.20. The number of hydrogen-bond acceptors (Lipinski definition) is 2. The molecule has 3 heteroatoms. The summed E-state index contributed by atoms with van der Waals surface area (Å²) in [5.41, 5.74) is 1.14. The summed E-state index contributed by atoms with van der Waals surface area (Å²) in [4.78, 5) is 5.05. The molecular formula is C11H16N2S. The Kier molecular flexibility index (Phi) is 3.21. The van der Waals surface area contributed by atoms with E-state index >= 15 is 0 Å². The molecule has 1 N–H and O–H groups in total. The molecule has 0 fully saturated rings. The van der Waals surface area contributed by atoms with Crippen molar-refractivity contribution in [1.29, 1.82) is 0 Å². The van der Waals surface area contributed by atoms with E-state index < -0.39 is 0 Å². The summed E-state index contributed by atoms with van der Waals surface area (Å²) in [7, 11) is 0. The van der Waals surface area contributed by atoms with Crippen molar-refractivity contribution in [3.63, 3.8) is 0 Å². The van der Waals surface area contributed by atoms with E-state index in [1.165, 1.54) is 0 Å². The van der Waals surface area contributed by atoms with E-state index in [4.69, 9.17) is 12.2 Å². The van der Waals surface area contributed by atoms with Crippen LogP contribution in [0.25, 0.3) is 0 Å². The van der Waals surface area contributed by atoms with E-state index in [-0.39, 0.29) is 5.41 Å². The topological polar surface area (TPSA) is 24.9 Å². The van der Waals surface area contributed by atoms with Crippen LogP contribution < -0.4 is 5.32 Å². The lowest BCUT2D eigenvalue weighted by molar-refractivity contribution is 0.599. The van der Waals surface area contributed by atoms with Crippen LogP contribution in [0.5, 0.6) is 0 Å². The molecule has 2 nitrogen and oxygen atoms in total. The average molecular weight is 208 g/mol. The largest absolute Gasteiger partial charge is 0.334 e. The van der Waals surface area contributed by atoms with Gasteiger partial charge in [0.25, 0.3) is 0 Å². The van der Waals surface area contributed by atoms with Crippen molar-refractivity contribution in [2.75, 3.05) is 5.32 Å². The standard InChI is InChI=1S/C11H16N2S/c1-8-5-6-9(12-7-8)13-10(14)11(2,3)4/h5-7H,1-4H3,(H,12,13,14). The SMILES string of the molecule is Cc1ccc(NC(=S)C(C)(C)C)nc1. The van der Waals surface area contributed by atoms with Crippen LogP contribution in [0.3, 0.4) is 0 Å². The first-order chi connectivity index (χ1) is 6.39. The predicted octanol–water partition coefficient (Wildman–Crippen LogP) is 3.18. The first kappa shape index (κ1) is 11.1. The van der Waals surface area contributed by atoms with Crippen LogP contribution in [0.4, 0.5) is 5.82 Å². The van der Waals surface area contributed by atoms with Gasteiger partial charge in [-0.15, -0.1) is 0 Å². The van der Waals surface area contributed by atoms with E-state index in [9.17, 15) is 0 Å². The van der Waals surface area contributed by atoms with Gasteiger partial charge >= 0.3 is 0 Å². The van der Waals surface area contributed by atoms with Crippen LogP contribution >= 0.6 is 12.2 Å². The van der Waals surface area contributed by atoms with Crippen LogP contribution in [-0.2, 0) is 0 Å². The minimum absolute atomic E-state index is 0.0120. The molecule has 1 aromatic heterocycles. The van der Waals surface area contributed by atoms with Crippen molar-refractivity contribution in [3.05, 3.63) is 23.9 Å². The van der Waals surface area contributed by atoms with Gasteiger partial charge in [0.05, 0.1) is 4.99 Å². The number of pyridine rings is 1. The van der Waals surface area contributed by atoms with Crippen LogP contribution in [0, 0.1) is 12.3 Å². The first-order valence-corrected chi connectivity index (χ1v) is 5.04. The first-order valence-electron chi connectivity index (χ1n) is 4.64. The molecule has 0 radical (unpaired) electrons. The van der Waals surface area contributed by atoms with Gasteiger partial charge in [0, 0.05) is 11.6 Å². The highest BCUT2D eigenvalue weighted by Crippen LogP contribution is 2.17. The molecule has 1 rings (SSSR count). The summed E-state index contributed by atoms with van der Waals surface area (Å²) in [6.45, 7) is 8.25. The lowest BCUT2D eigenvalue weighted by Crippen LogP contribution is -2.26. The lowest BCUT2D eigenvalue weighted by atomic mass is 9.97. The number of aryl methyl sites for hydroxylation is 1. The van der Waals surface area contributed by atoms with Crippen LogP contribution in [0.2, 0.25) is 0 Å². The van der Waals surface area contributed by atoms with E-state index in [1.807, 2.05) is 25.3 Å². The number of thiocarbonyl (C=S) groups is 1. The summed E-state index contributed by atoms with van der Waals surface area (Å²) in [6, 6.07) is 3.95. The zero-order valence-corrected chi connectivity index (χ0v) is 9.90. The summed E-state index contributed by atoms with van der Waals surface area (Å²) < 4.78 is 0. The molecule has 76 valence electrons. The Labute approximate surface area is 90.7 Å². The van der Waals surface area contributed by atoms with E-state index in [0.717, 1.165) is 16.4 Å². The fraction of sp³-hybridized carbons (Fsp3) is 0.455. The maximum absolute atomic E-state index is 5.26. The molecule has 0 bridgehead atoms. The van der Waals surface area contributed by atoms with E-state index in [2.05, 4.69) is 31.1 Å². The molecule has 0 saturated carbocycles. The minimum Gasteiger partial charge on any atom is -0.334 e. The number of aromatic nitrogens is 1. The third-order valence-corrected chi connectivity index (χ3v) is 2.55. The van der Waals surface area contributed by atoms with Gasteiger partial charge in [-0.05, 0) is 18.6 Å². The summed E-state index contributed by atoms with van der Waals surface area (Å²) in [5, 5.41) is 3.13. The van der Waals surface area contributed by atoms with Crippen molar-refractivity contribution < 1.29 is 0 Å². The molecule has 0 aromatic carbocycles. The predicted molar refractivity (Wildman–Crippen MR) is 64.6 cm³/mol. The fourth-order valence-corrected chi connectivity index (χ4v) is 0.950. The van der Waals surface area contributed by atoms with Crippen LogP contribution in [0.1, 0.15) is 26.3 Å². The number of nitrogens with one attached hydrogen (secondary N) is 1. The van der Waals surface area contributed by atoms with E-state index in [0.29, 0.717) is 0 Å². The highest BCUT2D eigenvalue weighted by molar-refractivity contribution is 7.80. The molecule has 0 aliphatic heterocycles. The maximum Gasteiger partial charge on any atom is 0.130 e. The third kappa shape index (κ3) is 3.07. The molecule has 1 aromatic rings. The van der Waals surface area contributed by atoms with Gasteiger partial charge in [-0.25, -0.2) is 4.98 Å². The van der Waals surface area contributed by atoms with Crippen molar-refractivity contribution in [3.8, 4) is 0 Å². The number of hydrogen-bond donors (Lipinski definition) is 1. The summed E-state index contributed by atoms with van der Waals surface area (Å²) >= 11 is 5.26. The highest BCUT2D eigenvalue weighted by Gasteiger charge is 2.16. The van der Waals surface area contributed by atoms with Crippen LogP contribution in [-0.4, -0.2) is 9.97 Å².